The Morgan fingerprint density at radius 1 is 1.22 bits per heavy atom. The molecule has 15 heteroatoms. The summed E-state index contributed by atoms with van der Waals surface area (Å²) in [6, 6.07) is 5.22. The molecule has 12 nitrogen and oxygen atoms in total. The van der Waals surface area contributed by atoms with E-state index in [4.69, 9.17) is 11.5 Å². The first-order chi connectivity index (χ1) is 15.0. The monoisotopic (exact) mass is 503 g/mol. The van der Waals surface area contributed by atoms with Crippen LogP contribution in [0.1, 0.15) is 22.5 Å². The van der Waals surface area contributed by atoms with Gasteiger partial charge in [0, 0.05) is 11.8 Å². The van der Waals surface area contributed by atoms with Crippen molar-refractivity contribution < 1.29 is 32.9 Å². The molecule has 0 spiro atoms. The second-order valence-electron chi connectivity index (χ2n) is 6.37. The van der Waals surface area contributed by atoms with Gasteiger partial charge in [-0.05, 0) is 42.5 Å². The van der Waals surface area contributed by atoms with Gasteiger partial charge in [-0.25, -0.2) is 13.2 Å². The third-order valence-corrected chi connectivity index (χ3v) is 7.04. The second-order valence-corrected chi connectivity index (χ2v) is 10.1. The maximum atomic E-state index is 12.7. The summed E-state index contributed by atoms with van der Waals surface area (Å²) in [4.78, 5) is 46.2. The van der Waals surface area contributed by atoms with E-state index in [2.05, 4.69) is 15.0 Å². The standard InChI is InChI=1S/C17H22N5O7PS2/c18-17(19)20-7-2-5-13(16(24)25)21-15(23)14-12(6-8-31-14)22-32(28,29)11-4-1-3-10(9-11)30(26)27/h1,3-4,6,8-9,13,22,26-27H,2,5,7H2,(H,21,23)(H,24,25)(H4,18,19,20)/t13-/m0/s1. The van der Waals surface area contributed by atoms with Crippen LogP contribution in [0.3, 0.4) is 0 Å². The average molecular weight is 503 g/mol. The minimum Gasteiger partial charge on any atom is -0.480 e. The van der Waals surface area contributed by atoms with E-state index < -0.39 is 36.3 Å². The van der Waals surface area contributed by atoms with E-state index in [0.717, 1.165) is 17.4 Å². The van der Waals surface area contributed by atoms with Gasteiger partial charge < -0.3 is 31.7 Å². The van der Waals surface area contributed by atoms with Crippen molar-refractivity contribution in [3.8, 4) is 0 Å². The van der Waals surface area contributed by atoms with Gasteiger partial charge in [-0.3, -0.25) is 14.5 Å². The van der Waals surface area contributed by atoms with Crippen LogP contribution in [0.25, 0.3) is 0 Å². The molecule has 0 saturated carbocycles. The van der Waals surface area contributed by atoms with Crippen molar-refractivity contribution in [2.45, 2.75) is 23.8 Å². The highest BCUT2D eigenvalue weighted by atomic mass is 32.2. The number of anilines is 1. The Labute approximate surface area is 188 Å². The van der Waals surface area contributed by atoms with Crippen molar-refractivity contribution in [3.63, 3.8) is 0 Å². The number of nitrogens with zero attached hydrogens (tertiary/aromatic N) is 1. The first-order valence-electron chi connectivity index (χ1n) is 8.98. The fraction of sp³-hybridized carbons (Fsp3) is 0.235. The lowest BCUT2D eigenvalue weighted by molar-refractivity contribution is -0.139. The van der Waals surface area contributed by atoms with Gasteiger partial charge in [0.1, 0.15) is 10.9 Å². The number of carbonyl (C=O) groups is 2. The van der Waals surface area contributed by atoms with Crippen LogP contribution in [0.4, 0.5) is 5.69 Å². The van der Waals surface area contributed by atoms with E-state index in [0.29, 0.717) is 6.42 Å². The molecule has 2 aromatic rings. The molecule has 9 N–H and O–H groups in total. The summed E-state index contributed by atoms with van der Waals surface area (Å²) in [5, 5.41) is 13.2. The number of carbonyl (C=O) groups excluding carboxylic acids is 1. The van der Waals surface area contributed by atoms with Crippen LogP contribution >= 0.6 is 19.7 Å². The number of hydrogen-bond acceptors (Lipinski definition) is 8. The number of hydrogen-bond donors (Lipinski definition) is 7. The normalized spacial score (nSPS) is 12.2. The molecule has 1 heterocycles. The number of nitrogens with two attached hydrogens (primary N) is 2. The topological polar surface area (TPSA) is 217 Å². The number of carboxylic acid groups (broad SMARTS) is 1. The molecule has 174 valence electrons. The highest BCUT2D eigenvalue weighted by Crippen LogP contribution is 2.27. The van der Waals surface area contributed by atoms with Gasteiger partial charge in [0.15, 0.2) is 14.3 Å². The number of nitrogens with one attached hydrogen (secondary N) is 2. The number of aliphatic carboxylic acids is 1. The second kappa shape index (κ2) is 11.2. The molecule has 0 saturated heterocycles. The fourth-order valence-electron chi connectivity index (χ4n) is 2.53. The van der Waals surface area contributed by atoms with Crippen LogP contribution in [0.5, 0.6) is 0 Å². The summed E-state index contributed by atoms with van der Waals surface area (Å²) in [5.74, 6) is -2.16. The number of aliphatic imine (C=N–C) groups is 1. The predicted molar refractivity (Wildman–Crippen MR) is 121 cm³/mol. The number of rotatable bonds is 11. The van der Waals surface area contributed by atoms with Gasteiger partial charge in [0.25, 0.3) is 15.9 Å². The Morgan fingerprint density at radius 3 is 2.56 bits per heavy atom. The summed E-state index contributed by atoms with van der Waals surface area (Å²) in [5.41, 5.74) is 10.4. The van der Waals surface area contributed by atoms with Gasteiger partial charge in [-0.1, -0.05) is 6.07 Å². The summed E-state index contributed by atoms with van der Waals surface area (Å²) in [6.07, 6.45) is 0.357. The lowest BCUT2D eigenvalue weighted by atomic mass is 10.1. The number of amides is 1. The number of benzene rings is 1. The van der Waals surface area contributed by atoms with Gasteiger partial charge in [0.2, 0.25) is 0 Å². The van der Waals surface area contributed by atoms with Crippen LogP contribution in [0.15, 0.2) is 45.6 Å². The van der Waals surface area contributed by atoms with Crippen LogP contribution in [-0.2, 0) is 14.8 Å². The van der Waals surface area contributed by atoms with Crippen molar-refractivity contribution >= 4 is 58.6 Å². The number of carboxylic acids is 1. The lowest BCUT2D eigenvalue weighted by Crippen LogP contribution is -2.40. The van der Waals surface area contributed by atoms with E-state index in [9.17, 15) is 32.9 Å². The molecular weight excluding hydrogens is 481 g/mol. The third-order valence-electron chi connectivity index (χ3n) is 4.02. The maximum Gasteiger partial charge on any atom is 0.326 e. The fourth-order valence-corrected chi connectivity index (χ4v) is 5.02. The Bertz CT molecular complexity index is 1100. The first-order valence-corrected chi connectivity index (χ1v) is 12.6. The number of thiophene rings is 1. The highest BCUT2D eigenvalue weighted by molar-refractivity contribution is 7.92. The van der Waals surface area contributed by atoms with E-state index in [1.54, 1.807) is 0 Å². The lowest BCUT2D eigenvalue weighted by Gasteiger charge is -2.15. The van der Waals surface area contributed by atoms with Gasteiger partial charge in [-0.15, -0.1) is 11.3 Å². The summed E-state index contributed by atoms with van der Waals surface area (Å²) < 4.78 is 27.6. The van der Waals surface area contributed by atoms with Gasteiger partial charge >= 0.3 is 5.97 Å². The zero-order chi connectivity index (χ0) is 23.9. The number of sulfonamides is 1. The molecule has 1 atom stereocenters. The molecule has 1 aromatic carbocycles. The summed E-state index contributed by atoms with van der Waals surface area (Å²) in [6.45, 7) is 0.189. The molecule has 0 radical (unpaired) electrons. The number of guanidine groups is 1. The van der Waals surface area contributed by atoms with E-state index in [1.165, 1.54) is 29.6 Å². The molecule has 1 aromatic heterocycles. The van der Waals surface area contributed by atoms with Crippen molar-refractivity contribution in [1.29, 1.82) is 0 Å². The molecule has 0 bridgehead atoms. The van der Waals surface area contributed by atoms with E-state index in [1.807, 2.05) is 0 Å². The smallest absolute Gasteiger partial charge is 0.326 e. The molecule has 0 aliphatic heterocycles. The largest absolute Gasteiger partial charge is 0.480 e. The quantitative estimate of drug-likeness (QED) is 0.0925. The molecule has 0 fully saturated rings. The van der Waals surface area contributed by atoms with Crippen molar-refractivity contribution in [1.82, 2.24) is 5.32 Å². The summed E-state index contributed by atoms with van der Waals surface area (Å²) >= 11 is 0.924. The first kappa shape index (κ1) is 25.5. The Balaban J connectivity index is 2.14. The van der Waals surface area contributed by atoms with Crippen LogP contribution in [-0.4, -0.2) is 53.7 Å². The average Bonchev–Trinajstić information content (AvgIpc) is 3.17. The minimum atomic E-state index is -4.16. The molecule has 0 unspecified atom stereocenters. The molecule has 2 rings (SSSR count). The van der Waals surface area contributed by atoms with Crippen molar-refractivity contribution in [2.24, 2.45) is 16.5 Å². The summed E-state index contributed by atoms with van der Waals surface area (Å²) in [7, 11) is -6.64. The van der Waals surface area contributed by atoms with E-state index in [-0.39, 0.29) is 39.7 Å². The van der Waals surface area contributed by atoms with Crippen molar-refractivity contribution in [3.05, 3.63) is 40.6 Å². The SMILES string of the molecule is NC(N)=NCCC[C@H](NC(=O)c1sccc1NS(=O)(=O)c1cccc(P(O)O)c1)C(=O)O. The van der Waals surface area contributed by atoms with Crippen LogP contribution in [0.2, 0.25) is 0 Å². The van der Waals surface area contributed by atoms with Crippen molar-refractivity contribution in [2.75, 3.05) is 11.3 Å². The maximum absolute atomic E-state index is 12.7. The molecule has 1 amide bonds. The highest BCUT2D eigenvalue weighted by Gasteiger charge is 2.25. The predicted octanol–water partition coefficient (Wildman–Crippen LogP) is -0.293. The zero-order valence-electron chi connectivity index (χ0n) is 16.5. The Kier molecular flexibility index (Phi) is 8.92. The third kappa shape index (κ3) is 7.14. The molecular formula is C17H22N5O7PS2. The van der Waals surface area contributed by atoms with Crippen LogP contribution < -0.4 is 26.8 Å². The zero-order valence-corrected chi connectivity index (χ0v) is 19.0. The van der Waals surface area contributed by atoms with Gasteiger partial charge in [0.05, 0.1) is 10.6 Å². The van der Waals surface area contributed by atoms with Gasteiger partial charge in [-0.2, -0.15) is 0 Å². The Hall–Kier alpha value is -2.77. The van der Waals surface area contributed by atoms with E-state index >= 15 is 0 Å². The minimum absolute atomic E-state index is 0.0354. The molecule has 0 aliphatic rings. The Morgan fingerprint density at radius 2 is 1.94 bits per heavy atom. The van der Waals surface area contributed by atoms with Crippen LogP contribution in [0, 0.1) is 0 Å². The molecule has 0 aliphatic carbocycles. The molecule has 32 heavy (non-hydrogen) atoms.